The fraction of sp³-hybridized carbons (Fsp3) is 0.188. The number of primary amides is 1. The van der Waals surface area contributed by atoms with E-state index in [1.54, 1.807) is 12.1 Å². The Kier molecular flexibility index (Phi) is 5.16. The first-order chi connectivity index (χ1) is 11.5. The van der Waals surface area contributed by atoms with Crippen LogP contribution in [0.1, 0.15) is 37.6 Å². The molecule has 1 aliphatic rings. The molecule has 124 valence electrons. The van der Waals surface area contributed by atoms with Crippen LogP contribution in [0.15, 0.2) is 24.3 Å². The number of anilines is 1. The maximum Gasteiger partial charge on any atom is 0.258 e. The summed E-state index contributed by atoms with van der Waals surface area (Å²) in [4.78, 5) is 25.2. The number of halogens is 1. The highest BCUT2D eigenvalue weighted by Crippen LogP contribution is 2.38. The average Bonchev–Trinajstić information content (AvgIpc) is 3.07. The molecule has 0 radical (unpaired) electrons. The van der Waals surface area contributed by atoms with Gasteiger partial charge in [-0.2, -0.15) is 0 Å². The highest BCUT2D eigenvalue weighted by molar-refractivity contribution is 14.1. The van der Waals surface area contributed by atoms with Gasteiger partial charge < -0.3 is 11.1 Å². The Labute approximate surface area is 162 Å². The second kappa shape index (κ2) is 7.16. The number of carbonyl (C=O) groups is 2. The molecule has 1 heterocycles. The van der Waals surface area contributed by atoms with Crippen molar-refractivity contribution in [1.29, 1.82) is 0 Å². The van der Waals surface area contributed by atoms with Crippen molar-refractivity contribution < 1.29 is 9.59 Å². The standard InChI is InChI=1S/C16H14IN3O2S2/c17-10-6-2-1-4-8(10)14(22)19-16(23)20-15-12(13(18)21)9-5-3-7-11(9)24-15/h1-2,4,6H,3,5,7H2,(H2,18,21)(H2,19,20,22,23). The lowest BCUT2D eigenvalue weighted by Crippen LogP contribution is -2.34. The zero-order valence-electron chi connectivity index (χ0n) is 12.5. The Bertz CT molecular complexity index is 848. The highest BCUT2D eigenvalue weighted by Gasteiger charge is 2.25. The van der Waals surface area contributed by atoms with Crippen molar-refractivity contribution in [3.8, 4) is 0 Å². The van der Waals surface area contributed by atoms with E-state index in [0.29, 0.717) is 16.1 Å². The molecule has 0 saturated heterocycles. The molecule has 0 spiro atoms. The van der Waals surface area contributed by atoms with E-state index >= 15 is 0 Å². The fourth-order valence-electron chi connectivity index (χ4n) is 2.70. The van der Waals surface area contributed by atoms with Gasteiger partial charge in [0.1, 0.15) is 5.00 Å². The molecule has 0 unspecified atom stereocenters. The van der Waals surface area contributed by atoms with E-state index in [2.05, 4.69) is 33.2 Å². The third kappa shape index (κ3) is 3.45. The number of fused-ring (bicyclic) bond motifs is 1. The van der Waals surface area contributed by atoms with Crippen LogP contribution >= 0.6 is 46.1 Å². The summed E-state index contributed by atoms with van der Waals surface area (Å²) in [6, 6.07) is 7.24. The second-order valence-corrected chi connectivity index (χ2v) is 7.99. The number of thiocarbonyl (C=S) groups is 1. The minimum Gasteiger partial charge on any atom is -0.365 e. The Hall–Kier alpha value is -1.52. The molecule has 0 aliphatic heterocycles. The number of carbonyl (C=O) groups excluding carboxylic acids is 2. The first-order valence-corrected chi connectivity index (χ1v) is 9.59. The maximum atomic E-state index is 12.3. The van der Waals surface area contributed by atoms with Crippen molar-refractivity contribution in [2.45, 2.75) is 19.3 Å². The van der Waals surface area contributed by atoms with E-state index in [9.17, 15) is 9.59 Å². The number of aryl methyl sites for hydroxylation is 1. The second-order valence-electron chi connectivity index (χ2n) is 5.31. The third-order valence-electron chi connectivity index (χ3n) is 3.74. The zero-order chi connectivity index (χ0) is 17.3. The van der Waals surface area contributed by atoms with Gasteiger partial charge in [-0.05, 0) is 71.8 Å². The molecule has 3 rings (SSSR count). The van der Waals surface area contributed by atoms with Crippen LogP contribution in [-0.4, -0.2) is 16.9 Å². The molecule has 0 bridgehead atoms. The van der Waals surface area contributed by atoms with Gasteiger partial charge in [-0.15, -0.1) is 11.3 Å². The van der Waals surface area contributed by atoms with Crippen LogP contribution in [0.5, 0.6) is 0 Å². The molecule has 8 heteroatoms. The average molecular weight is 471 g/mol. The fourth-order valence-corrected chi connectivity index (χ4v) is 4.89. The van der Waals surface area contributed by atoms with Crippen molar-refractivity contribution in [1.82, 2.24) is 5.32 Å². The smallest absolute Gasteiger partial charge is 0.258 e. The summed E-state index contributed by atoms with van der Waals surface area (Å²) in [6.07, 6.45) is 2.84. The summed E-state index contributed by atoms with van der Waals surface area (Å²) in [6.45, 7) is 0. The number of rotatable bonds is 3. The Morgan fingerprint density at radius 1 is 1.25 bits per heavy atom. The maximum absolute atomic E-state index is 12.3. The van der Waals surface area contributed by atoms with Crippen molar-refractivity contribution >= 4 is 68.1 Å². The largest absolute Gasteiger partial charge is 0.365 e. The molecule has 0 saturated carbocycles. The molecule has 4 N–H and O–H groups in total. The normalized spacial score (nSPS) is 12.5. The van der Waals surface area contributed by atoms with Gasteiger partial charge in [-0.3, -0.25) is 14.9 Å². The van der Waals surface area contributed by atoms with E-state index < -0.39 is 5.91 Å². The summed E-state index contributed by atoms with van der Waals surface area (Å²) in [5.74, 6) is -0.758. The van der Waals surface area contributed by atoms with Crippen LogP contribution < -0.4 is 16.4 Å². The van der Waals surface area contributed by atoms with Crippen molar-refractivity contribution in [2.75, 3.05) is 5.32 Å². The van der Waals surface area contributed by atoms with Crippen LogP contribution in [0.2, 0.25) is 0 Å². The number of amides is 2. The quantitative estimate of drug-likeness (QED) is 0.475. The number of hydrogen-bond donors (Lipinski definition) is 3. The molecule has 2 amide bonds. The van der Waals surface area contributed by atoms with Gasteiger partial charge in [-0.25, -0.2) is 0 Å². The highest BCUT2D eigenvalue weighted by atomic mass is 127. The van der Waals surface area contributed by atoms with Gasteiger partial charge in [0.25, 0.3) is 11.8 Å². The summed E-state index contributed by atoms with van der Waals surface area (Å²) < 4.78 is 0.836. The van der Waals surface area contributed by atoms with Crippen LogP contribution in [0, 0.1) is 3.57 Å². The molecule has 0 atom stereocenters. The van der Waals surface area contributed by atoms with Crippen LogP contribution in [0.3, 0.4) is 0 Å². The molecule has 5 nitrogen and oxygen atoms in total. The first kappa shape index (κ1) is 17.3. The summed E-state index contributed by atoms with van der Waals surface area (Å²) in [5, 5.41) is 6.37. The topological polar surface area (TPSA) is 84.2 Å². The number of thiophene rings is 1. The van der Waals surface area contributed by atoms with Gasteiger partial charge >= 0.3 is 0 Å². The van der Waals surface area contributed by atoms with Crippen molar-refractivity contribution in [3.63, 3.8) is 0 Å². The van der Waals surface area contributed by atoms with E-state index in [4.69, 9.17) is 18.0 Å². The molecule has 24 heavy (non-hydrogen) atoms. The Morgan fingerprint density at radius 2 is 2.00 bits per heavy atom. The SMILES string of the molecule is NC(=O)c1c(NC(=S)NC(=O)c2ccccc2I)sc2c1CCC2. The Balaban J connectivity index is 1.75. The number of benzene rings is 1. The van der Waals surface area contributed by atoms with Crippen molar-refractivity contribution in [2.24, 2.45) is 5.73 Å². The van der Waals surface area contributed by atoms with E-state index in [1.807, 2.05) is 12.1 Å². The lowest BCUT2D eigenvalue weighted by molar-refractivity contribution is 0.0974. The zero-order valence-corrected chi connectivity index (χ0v) is 16.3. The minimum atomic E-state index is -0.469. The third-order valence-corrected chi connectivity index (χ3v) is 6.09. The van der Waals surface area contributed by atoms with Gasteiger partial charge in [0.15, 0.2) is 5.11 Å². The molecule has 1 aromatic carbocycles. The number of nitrogens with two attached hydrogens (primary N) is 1. The van der Waals surface area contributed by atoms with E-state index in [-0.39, 0.29) is 11.0 Å². The van der Waals surface area contributed by atoms with Crippen LogP contribution in [0.25, 0.3) is 0 Å². The number of hydrogen-bond acceptors (Lipinski definition) is 4. The van der Waals surface area contributed by atoms with E-state index in [0.717, 1.165) is 33.3 Å². The molecular weight excluding hydrogens is 457 g/mol. The lowest BCUT2D eigenvalue weighted by Gasteiger charge is -2.10. The van der Waals surface area contributed by atoms with Gasteiger partial charge in [0.2, 0.25) is 0 Å². The predicted molar refractivity (Wildman–Crippen MR) is 108 cm³/mol. The van der Waals surface area contributed by atoms with Gasteiger partial charge in [0.05, 0.1) is 11.1 Å². The summed E-state index contributed by atoms with van der Waals surface area (Å²) in [5.41, 5.74) is 7.58. The van der Waals surface area contributed by atoms with Crippen LogP contribution in [0.4, 0.5) is 5.00 Å². The van der Waals surface area contributed by atoms with Crippen molar-refractivity contribution in [3.05, 3.63) is 49.4 Å². The molecule has 2 aromatic rings. The van der Waals surface area contributed by atoms with Crippen LogP contribution in [-0.2, 0) is 12.8 Å². The first-order valence-electron chi connectivity index (χ1n) is 7.28. The van der Waals surface area contributed by atoms with E-state index in [1.165, 1.54) is 11.3 Å². The monoisotopic (exact) mass is 471 g/mol. The molecular formula is C16H14IN3O2S2. The summed E-state index contributed by atoms with van der Waals surface area (Å²) >= 11 is 8.79. The predicted octanol–water partition coefficient (Wildman–Crippen LogP) is 3.07. The molecule has 1 aliphatic carbocycles. The minimum absolute atomic E-state index is 0.155. The summed E-state index contributed by atoms with van der Waals surface area (Å²) in [7, 11) is 0. The lowest BCUT2D eigenvalue weighted by atomic mass is 10.1. The van der Waals surface area contributed by atoms with Gasteiger partial charge in [0, 0.05) is 8.45 Å². The molecule has 1 aromatic heterocycles. The molecule has 0 fully saturated rings. The number of nitrogens with one attached hydrogen (secondary N) is 2. The van der Waals surface area contributed by atoms with Gasteiger partial charge in [-0.1, -0.05) is 12.1 Å². The Morgan fingerprint density at radius 3 is 2.71 bits per heavy atom.